The van der Waals surface area contributed by atoms with E-state index in [1.807, 2.05) is 24.3 Å². The average Bonchev–Trinajstić information content (AvgIpc) is 3.06. The number of aliphatic imine (C=N–C) groups is 1. The summed E-state index contributed by atoms with van der Waals surface area (Å²) in [6.07, 6.45) is 0. The van der Waals surface area contributed by atoms with Gasteiger partial charge in [0.25, 0.3) is 0 Å². The van der Waals surface area contributed by atoms with Crippen molar-refractivity contribution in [3.63, 3.8) is 0 Å². The van der Waals surface area contributed by atoms with Gasteiger partial charge in [-0.1, -0.05) is 47.6 Å². The number of aryl methyl sites for hydroxylation is 2. The third-order valence-electron chi connectivity index (χ3n) is 4.99. The van der Waals surface area contributed by atoms with Gasteiger partial charge < -0.3 is 4.90 Å². The Morgan fingerprint density at radius 2 is 2.00 bits per heavy atom. The number of halogens is 1. The van der Waals surface area contributed by atoms with E-state index in [1.54, 1.807) is 11.8 Å². The van der Waals surface area contributed by atoms with Crippen molar-refractivity contribution in [3.05, 3.63) is 64.2 Å². The van der Waals surface area contributed by atoms with Crippen LogP contribution in [0.5, 0.6) is 0 Å². The van der Waals surface area contributed by atoms with Crippen molar-refractivity contribution in [1.29, 1.82) is 0 Å². The predicted molar refractivity (Wildman–Crippen MR) is 115 cm³/mol. The van der Waals surface area contributed by atoms with Gasteiger partial charge in [0.1, 0.15) is 0 Å². The third-order valence-corrected chi connectivity index (χ3v) is 7.96. The molecule has 0 radical (unpaired) electrons. The second-order valence-electron chi connectivity index (χ2n) is 7.20. The van der Waals surface area contributed by atoms with E-state index in [2.05, 4.69) is 36.9 Å². The van der Waals surface area contributed by atoms with Crippen LogP contribution in [0.15, 0.2) is 47.5 Å². The Morgan fingerprint density at radius 1 is 1.19 bits per heavy atom. The average molecular weight is 421 g/mol. The number of anilines is 1. The van der Waals surface area contributed by atoms with Crippen LogP contribution in [0, 0.1) is 13.8 Å². The first-order valence-electron chi connectivity index (χ1n) is 8.84. The molecule has 2 aliphatic rings. The van der Waals surface area contributed by atoms with Gasteiger partial charge in [-0.05, 0) is 48.7 Å². The molecule has 2 aromatic carbocycles. The molecule has 0 aromatic heterocycles. The largest absolute Gasteiger partial charge is 0.315 e. The fourth-order valence-corrected chi connectivity index (χ4v) is 6.78. The highest BCUT2D eigenvalue weighted by Crippen LogP contribution is 2.37. The quantitative estimate of drug-likeness (QED) is 0.745. The first-order valence-corrected chi connectivity index (χ1v) is 12.0. The number of nitrogens with zero attached hydrogens (tertiary/aromatic N) is 2. The van der Waals surface area contributed by atoms with Crippen molar-refractivity contribution in [2.75, 3.05) is 16.4 Å². The van der Waals surface area contributed by atoms with E-state index in [0.717, 1.165) is 38.3 Å². The second-order valence-corrected chi connectivity index (χ2v) is 10.7. The zero-order valence-electron chi connectivity index (χ0n) is 15.2. The van der Waals surface area contributed by atoms with Gasteiger partial charge in [-0.3, -0.25) is 4.99 Å². The Labute approximate surface area is 169 Å². The van der Waals surface area contributed by atoms with Gasteiger partial charge in [-0.15, -0.1) is 0 Å². The second kappa shape index (κ2) is 7.15. The summed E-state index contributed by atoms with van der Waals surface area (Å²) in [6, 6.07) is 13.8. The monoisotopic (exact) mass is 420 g/mol. The fraction of sp³-hybridized carbons (Fsp3) is 0.350. The molecule has 0 aliphatic carbocycles. The van der Waals surface area contributed by atoms with Gasteiger partial charge in [-0.2, -0.15) is 0 Å². The van der Waals surface area contributed by atoms with Gasteiger partial charge in [0, 0.05) is 16.5 Å². The summed E-state index contributed by atoms with van der Waals surface area (Å²) < 4.78 is 24.4. The molecule has 0 bridgehead atoms. The highest BCUT2D eigenvalue weighted by Gasteiger charge is 2.47. The molecule has 4 rings (SSSR count). The predicted octanol–water partition coefficient (Wildman–Crippen LogP) is 4.23. The van der Waals surface area contributed by atoms with E-state index in [1.165, 1.54) is 0 Å². The van der Waals surface area contributed by atoms with E-state index in [4.69, 9.17) is 16.6 Å². The lowest BCUT2D eigenvalue weighted by Crippen LogP contribution is -2.39. The Morgan fingerprint density at radius 3 is 2.78 bits per heavy atom. The van der Waals surface area contributed by atoms with E-state index in [-0.39, 0.29) is 23.6 Å². The Bertz CT molecular complexity index is 1020. The maximum Gasteiger partial charge on any atom is 0.164 e. The molecule has 0 unspecified atom stereocenters. The maximum atomic E-state index is 12.2. The minimum absolute atomic E-state index is 0.114. The number of rotatable bonds is 3. The van der Waals surface area contributed by atoms with Crippen LogP contribution in [-0.2, 0) is 15.6 Å². The Hall–Kier alpha value is -1.50. The van der Waals surface area contributed by atoms with Crippen molar-refractivity contribution in [1.82, 2.24) is 0 Å². The number of sulfone groups is 1. The molecule has 142 valence electrons. The zero-order chi connectivity index (χ0) is 19.2. The van der Waals surface area contributed by atoms with Gasteiger partial charge in [0.15, 0.2) is 15.0 Å². The molecule has 0 amide bonds. The summed E-state index contributed by atoms with van der Waals surface area (Å²) in [4.78, 5) is 6.95. The van der Waals surface area contributed by atoms with E-state index < -0.39 is 9.84 Å². The minimum atomic E-state index is -3.04. The molecular weight excluding hydrogens is 400 g/mol. The summed E-state index contributed by atoms with van der Waals surface area (Å²) in [6.45, 7) is 4.11. The number of hydrogen-bond donors (Lipinski definition) is 0. The van der Waals surface area contributed by atoms with Crippen LogP contribution in [0.3, 0.4) is 0 Å². The summed E-state index contributed by atoms with van der Waals surface area (Å²) in [5, 5.41) is 1.62. The lowest BCUT2D eigenvalue weighted by atomic mass is 10.1. The van der Waals surface area contributed by atoms with E-state index in [0.29, 0.717) is 0 Å². The maximum absolute atomic E-state index is 12.2. The smallest absolute Gasteiger partial charge is 0.164 e. The molecule has 4 nitrogen and oxygen atoms in total. The molecule has 2 aliphatic heterocycles. The van der Waals surface area contributed by atoms with Crippen LogP contribution < -0.4 is 4.90 Å². The molecule has 0 spiro atoms. The van der Waals surface area contributed by atoms with Crippen molar-refractivity contribution < 1.29 is 8.42 Å². The SMILES string of the molecule is Cc1ccc(C)c(N2C(SCc3cccc(Cl)c3)=N[C@H]3CS(=O)(=O)C[C@H]32)c1. The number of thioether (sulfide) groups is 1. The molecule has 1 fully saturated rings. The highest BCUT2D eigenvalue weighted by molar-refractivity contribution is 8.13. The third kappa shape index (κ3) is 3.89. The normalized spacial score (nSPS) is 23.4. The number of fused-ring (bicyclic) bond motifs is 1. The fourth-order valence-electron chi connectivity index (χ4n) is 3.67. The van der Waals surface area contributed by atoms with Crippen LogP contribution in [0.1, 0.15) is 16.7 Å². The first kappa shape index (κ1) is 18.8. The number of hydrogen-bond acceptors (Lipinski definition) is 5. The van der Waals surface area contributed by atoms with Crippen LogP contribution in [0.25, 0.3) is 0 Å². The van der Waals surface area contributed by atoms with Crippen LogP contribution in [0.4, 0.5) is 5.69 Å². The summed E-state index contributed by atoms with van der Waals surface area (Å²) in [5.41, 5.74) is 4.46. The zero-order valence-corrected chi connectivity index (χ0v) is 17.6. The van der Waals surface area contributed by atoms with E-state index >= 15 is 0 Å². The van der Waals surface area contributed by atoms with Crippen LogP contribution in [0.2, 0.25) is 5.02 Å². The molecule has 1 saturated heterocycles. The van der Waals surface area contributed by atoms with Crippen molar-refractivity contribution in [2.24, 2.45) is 4.99 Å². The van der Waals surface area contributed by atoms with Crippen molar-refractivity contribution >= 4 is 44.1 Å². The minimum Gasteiger partial charge on any atom is -0.315 e. The molecule has 27 heavy (non-hydrogen) atoms. The molecule has 7 heteroatoms. The lowest BCUT2D eigenvalue weighted by molar-refractivity contribution is 0.601. The van der Waals surface area contributed by atoms with Crippen LogP contribution >= 0.6 is 23.4 Å². The standard InChI is InChI=1S/C20H21ClN2O2S2/c1-13-6-7-14(2)18(8-13)23-19-12-27(24,25)11-17(19)22-20(23)26-10-15-4-3-5-16(21)9-15/h3-9,17,19H,10-12H2,1-2H3/t17-,19+/m0/s1. The summed E-state index contributed by atoms with van der Waals surface area (Å²) in [7, 11) is -3.04. The molecular formula is C20H21ClN2O2S2. The van der Waals surface area contributed by atoms with Crippen molar-refractivity contribution in [2.45, 2.75) is 31.7 Å². The summed E-state index contributed by atoms with van der Waals surface area (Å²) in [5.74, 6) is 1.04. The Kier molecular flexibility index (Phi) is 4.99. The topological polar surface area (TPSA) is 49.7 Å². The molecule has 0 saturated carbocycles. The van der Waals surface area contributed by atoms with Gasteiger partial charge in [0.05, 0.1) is 23.6 Å². The van der Waals surface area contributed by atoms with Crippen LogP contribution in [-0.4, -0.2) is 37.2 Å². The van der Waals surface area contributed by atoms with Gasteiger partial charge in [0.2, 0.25) is 0 Å². The van der Waals surface area contributed by atoms with Gasteiger partial charge in [-0.25, -0.2) is 8.42 Å². The highest BCUT2D eigenvalue weighted by atomic mass is 35.5. The molecule has 2 heterocycles. The van der Waals surface area contributed by atoms with Crippen molar-refractivity contribution in [3.8, 4) is 0 Å². The number of benzene rings is 2. The molecule has 2 aromatic rings. The number of amidine groups is 1. The first-order chi connectivity index (χ1) is 12.8. The Balaban J connectivity index is 1.66. The lowest BCUT2D eigenvalue weighted by Gasteiger charge is -2.28. The summed E-state index contributed by atoms with van der Waals surface area (Å²) >= 11 is 7.74. The van der Waals surface area contributed by atoms with E-state index in [9.17, 15) is 8.42 Å². The molecule has 0 N–H and O–H groups in total. The molecule has 2 atom stereocenters. The van der Waals surface area contributed by atoms with Gasteiger partial charge >= 0.3 is 0 Å².